The van der Waals surface area contributed by atoms with Crippen LogP contribution in [-0.4, -0.2) is 70.2 Å². The van der Waals surface area contributed by atoms with Crippen LogP contribution in [0.4, 0.5) is 22.0 Å². The molecular formula is C30H37N7O2. The van der Waals surface area contributed by atoms with Crippen LogP contribution in [0.2, 0.25) is 0 Å². The molecule has 204 valence electrons. The molecule has 1 saturated heterocycles. The molecule has 2 N–H and O–H groups in total. The van der Waals surface area contributed by atoms with Crippen molar-refractivity contribution in [2.24, 2.45) is 0 Å². The fourth-order valence-electron chi connectivity index (χ4n) is 4.82. The Morgan fingerprint density at radius 2 is 1.74 bits per heavy atom. The van der Waals surface area contributed by atoms with Gasteiger partial charge in [0.15, 0.2) is 11.5 Å². The maximum absolute atomic E-state index is 11.8. The molecule has 0 unspecified atom stereocenters. The summed E-state index contributed by atoms with van der Waals surface area (Å²) in [5.74, 6) is 0.721. The van der Waals surface area contributed by atoms with Gasteiger partial charge in [-0.05, 0) is 57.5 Å². The molecular weight excluding hydrogens is 490 g/mol. The molecule has 3 heterocycles. The predicted octanol–water partition coefficient (Wildman–Crippen LogP) is 5.10. The maximum atomic E-state index is 11.8. The number of piperazine rings is 1. The SMILES string of the molecule is Cc1ccccc1-c1cnc(Nc2ccc(N3CCN(CCNC(=O)OC(C)(C)C)CC3)cc2)c2nccn12. The lowest BCUT2D eigenvalue weighted by atomic mass is 10.1. The topological polar surface area (TPSA) is 87.0 Å². The standard InChI is InChI=1S/C30H37N7O2/c1-22-7-5-6-8-25(22)26-21-33-27(28-31-14-16-37(26)28)34-23-9-11-24(12-10-23)36-19-17-35(18-20-36)15-13-32-29(38)39-30(2,3)4/h5-12,14,16,21H,13,15,17-20H2,1-4H3,(H,32,38)(H,33,34). The van der Waals surface area contributed by atoms with E-state index in [0.717, 1.165) is 61.1 Å². The van der Waals surface area contributed by atoms with Gasteiger partial charge in [0, 0.05) is 68.6 Å². The number of benzene rings is 2. The van der Waals surface area contributed by atoms with Gasteiger partial charge in [0.25, 0.3) is 0 Å². The van der Waals surface area contributed by atoms with E-state index in [2.05, 4.69) is 73.1 Å². The van der Waals surface area contributed by atoms with Crippen molar-refractivity contribution in [1.29, 1.82) is 0 Å². The average Bonchev–Trinajstić information content (AvgIpc) is 3.40. The lowest BCUT2D eigenvalue weighted by molar-refractivity contribution is 0.0521. The number of amides is 1. The number of nitrogens with zero attached hydrogens (tertiary/aromatic N) is 5. The number of carbonyl (C=O) groups is 1. The quantitative estimate of drug-likeness (QED) is 0.346. The van der Waals surface area contributed by atoms with Crippen LogP contribution >= 0.6 is 0 Å². The van der Waals surface area contributed by atoms with Gasteiger partial charge in [0.05, 0.1) is 11.9 Å². The first-order chi connectivity index (χ1) is 18.8. The van der Waals surface area contributed by atoms with E-state index in [1.54, 1.807) is 6.20 Å². The van der Waals surface area contributed by atoms with Crippen molar-refractivity contribution in [1.82, 2.24) is 24.6 Å². The number of rotatable bonds is 7. The van der Waals surface area contributed by atoms with Gasteiger partial charge in [-0.25, -0.2) is 14.8 Å². The Balaban J connectivity index is 1.16. The first-order valence-electron chi connectivity index (χ1n) is 13.5. The molecule has 0 aliphatic carbocycles. The Morgan fingerprint density at radius 3 is 2.46 bits per heavy atom. The third kappa shape index (κ3) is 6.49. The van der Waals surface area contributed by atoms with Crippen LogP contribution in [0.25, 0.3) is 16.9 Å². The molecule has 9 nitrogen and oxygen atoms in total. The minimum atomic E-state index is -0.477. The number of ether oxygens (including phenoxy) is 1. The van der Waals surface area contributed by atoms with E-state index in [1.165, 1.54) is 11.3 Å². The van der Waals surface area contributed by atoms with Gasteiger partial charge >= 0.3 is 6.09 Å². The molecule has 1 aliphatic heterocycles. The van der Waals surface area contributed by atoms with E-state index in [-0.39, 0.29) is 6.09 Å². The minimum Gasteiger partial charge on any atom is -0.444 e. The summed E-state index contributed by atoms with van der Waals surface area (Å²) in [6.45, 7) is 12.9. The summed E-state index contributed by atoms with van der Waals surface area (Å²) < 4.78 is 7.38. The van der Waals surface area contributed by atoms with Crippen LogP contribution in [-0.2, 0) is 4.74 Å². The number of aromatic nitrogens is 3. The van der Waals surface area contributed by atoms with E-state index in [4.69, 9.17) is 9.72 Å². The van der Waals surface area contributed by atoms with Crippen molar-refractivity contribution in [2.75, 3.05) is 49.5 Å². The van der Waals surface area contributed by atoms with Crippen LogP contribution in [0.15, 0.2) is 67.1 Å². The highest BCUT2D eigenvalue weighted by molar-refractivity contribution is 5.75. The molecule has 0 radical (unpaired) electrons. The molecule has 1 aliphatic rings. The second-order valence-electron chi connectivity index (χ2n) is 10.9. The number of hydrogen-bond acceptors (Lipinski definition) is 7. The van der Waals surface area contributed by atoms with Gasteiger partial charge in [0.2, 0.25) is 0 Å². The third-order valence-electron chi connectivity index (χ3n) is 6.81. The van der Waals surface area contributed by atoms with Gasteiger partial charge < -0.3 is 20.3 Å². The number of anilines is 3. The van der Waals surface area contributed by atoms with Crippen LogP contribution in [0.1, 0.15) is 26.3 Å². The molecule has 4 aromatic rings. The smallest absolute Gasteiger partial charge is 0.407 e. The van der Waals surface area contributed by atoms with Crippen molar-refractivity contribution in [3.05, 3.63) is 72.7 Å². The number of aryl methyl sites for hydroxylation is 1. The average molecular weight is 528 g/mol. The van der Waals surface area contributed by atoms with Crippen molar-refractivity contribution in [2.45, 2.75) is 33.3 Å². The van der Waals surface area contributed by atoms with Crippen molar-refractivity contribution < 1.29 is 9.53 Å². The monoisotopic (exact) mass is 527 g/mol. The Kier molecular flexibility index (Phi) is 7.70. The number of nitrogens with one attached hydrogen (secondary N) is 2. The zero-order valence-corrected chi connectivity index (χ0v) is 23.1. The van der Waals surface area contributed by atoms with E-state index in [1.807, 2.05) is 45.3 Å². The fraction of sp³-hybridized carbons (Fsp3) is 0.367. The highest BCUT2D eigenvalue weighted by atomic mass is 16.6. The zero-order chi connectivity index (χ0) is 27.4. The highest BCUT2D eigenvalue weighted by Gasteiger charge is 2.19. The first-order valence-corrected chi connectivity index (χ1v) is 13.5. The summed E-state index contributed by atoms with van der Waals surface area (Å²) in [5.41, 5.74) is 5.83. The lowest BCUT2D eigenvalue weighted by Gasteiger charge is -2.36. The summed E-state index contributed by atoms with van der Waals surface area (Å²) in [6.07, 6.45) is 5.32. The number of imidazole rings is 1. The molecule has 5 rings (SSSR count). The van der Waals surface area contributed by atoms with Gasteiger partial charge in [-0.1, -0.05) is 24.3 Å². The largest absolute Gasteiger partial charge is 0.444 e. The van der Waals surface area contributed by atoms with E-state index < -0.39 is 5.60 Å². The van der Waals surface area contributed by atoms with Crippen molar-refractivity contribution in [3.63, 3.8) is 0 Å². The molecule has 0 spiro atoms. The number of carbonyl (C=O) groups excluding carboxylic acids is 1. The summed E-state index contributed by atoms with van der Waals surface area (Å²) in [7, 11) is 0. The van der Waals surface area contributed by atoms with Gasteiger partial charge in [0.1, 0.15) is 5.60 Å². The maximum Gasteiger partial charge on any atom is 0.407 e. The molecule has 2 aromatic heterocycles. The minimum absolute atomic E-state index is 0.360. The van der Waals surface area contributed by atoms with Crippen LogP contribution in [0.3, 0.4) is 0 Å². The molecule has 0 bridgehead atoms. The lowest BCUT2D eigenvalue weighted by Crippen LogP contribution is -2.48. The molecule has 1 fully saturated rings. The van der Waals surface area contributed by atoms with E-state index in [9.17, 15) is 4.79 Å². The number of alkyl carbamates (subject to hydrolysis) is 1. The second kappa shape index (κ2) is 11.3. The molecule has 9 heteroatoms. The highest BCUT2D eigenvalue weighted by Crippen LogP contribution is 2.28. The van der Waals surface area contributed by atoms with Gasteiger partial charge in [-0.2, -0.15) is 0 Å². The van der Waals surface area contributed by atoms with E-state index >= 15 is 0 Å². The van der Waals surface area contributed by atoms with E-state index in [0.29, 0.717) is 6.54 Å². The summed E-state index contributed by atoms with van der Waals surface area (Å²) in [5, 5.41) is 6.29. The van der Waals surface area contributed by atoms with Crippen LogP contribution < -0.4 is 15.5 Å². The number of hydrogen-bond donors (Lipinski definition) is 2. The summed E-state index contributed by atoms with van der Waals surface area (Å²) >= 11 is 0. The van der Waals surface area contributed by atoms with Crippen LogP contribution in [0, 0.1) is 6.92 Å². The molecule has 1 amide bonds. The Hall–Kier alpha value is -4.11. The second-order valence-corrected chi connectivity index (χ2v) is 10.9. The summed E-state index contributed by atoms with van der Waals surface area (Å²) in [6, 6.07) is 16.8. The zero-order valence-electron chi connectivity index (χ0n) is 23.1. The first kappa shape index (κ1) is 26.5. The van der Waals surface area contributed by atoms with Gasteiger partial charge in [-0.15, -0.1) is 0 Å². The fourth-order valence-corrected chi connectivity index (χ4v) is 4.82. The van der Waals surface area contributed by atoms with Crippen LogP contribution in [0.5, 0.6) is 0 Å². The van der Waals surface area contributed by atoms with Crippen molar-refractivity contribution in [3.8, 4) is 11.3 Å². The number of fused-ring (bicyclic) bond motifs is 1. The summed E-state index contributed by atoms with van der Waals surface area (Å²) in [4.78, 5) is 25.9. The Bertz CT molecular complexity index is 1420. The predicted molar refractivity (Wildman–Crippen MR) is 156 cm³/mol. The Morgan fingerprint density at radius 1 is 1.00 bits per heavy atom. The molecule has 2 aromatic carbocycles. The molecule has 0 atom stereocenters. The molecule has 39 heavy (non-hydrogen) atoms. The van der Waals surface area contributed by atoms with Crippen molar-refractivity contribution >= 4 is 28.9 Å². The van der Waals surface area contributed by atoms with Gasteiger partial charge in [-0.3, -0.25) is 9.30 Å². The third-order valence-corrected chi connectivity index (χ3v) is 6.81. The Labute approximate surface area is 229 Å². The normalized spacial score (nSPS) is 14.4. The molecule has 0 saturated carbocycles.